The molecule has 0 fully saturated rings. The van der Waals surface area contributed by atoms with Gasteiger partial charge in [-0.25, -0.2) is 0 Å². The summed E-state index contributed by atoms with van der Waals surface area (Å²) in [5, 5.41) is 10.0. The Morgan fingerprint density at radius 1 is 0.705 bits per heavy atom. The van der Waals surface area contributed by atoms with Crippen LogP contribution >= 0.6 is 0 Å². The maximum absolute atomic E-state index is 12.4. The smallest absolute Gasteiger partial charge is 0.268 e. The number of quaternary nitrogens is 1. The second-order valence-corrected chi connectivity index (χ2v) is 15.5. The molecule has 0 unspecified atom stereocenters. The Hall–Kier alpha value is -5.48. The van der Waals surface area contributed by atoms with Gasteiger partial charge in [-0.3, -0.25) is 19.4 Å². The number of nitrogens with one attached hydrogen (secondary N) is 3. The maximum Gasteiger partial charge on any atom is 0.268 e. The van der Waals surface area contributed by atoms with Gasteiger partial charge in [0.15, 0.2) is 6.29 Å². The van der Waals surface area contributed by atoms with Crippen LogP contribution in [0.5, 0.6) is 0 Å². The zero-order chi connectivity index (χ0) is 45.0. The molecule has 0 radical (unpaired) electrons. The predicted molar refractivity (Wildman–Crippen MR) is 260 cm³/mol. The molecule has 0 aliphatic rings. The van der Waals surface area contributed by atoms with E-state index in [1.165, 1.54) is 70.8 Å². The summed E-state index contributed by atoms with van der Waals surface area (Å²) in [6.07, 6.45) is 24.0. The molecular formula is C51H76N7O3+. The number of likely N-dealkylation sites (N-methyl/N-ethyl adjacent to an activating group) is 1. The minimum Gasteiger partial charge on any atom is -0.387 e. The van der Waals surface area contributed by atoms with Gasteiger partial charge < -0.3 is 29.6 Å². The van der Waals surface area contributed by atoms with Gasteiger partial charge in [0.2, 0.25) is 0 Å². The fourth-order valence-corrected chi connectivity index (χ4v) is 6.72. The molecule has 3 aromatic heterocycles. The number of fused-ring (bicyclic) bond motifs is 1. The summed E-state index contributed by atoms with van der Waals surface area (Å²) in [5.74, 6) is -0.217. The van der Waals surface area contributed by atoms with Crippen LogP contribution in [-0.4, -0.2) is 77.5 Å². The Labute approximate surface area is 367 Å². The lowest BCUT2D eigenvalue weighted by molar-refractivity contribution is -0.889. The fraction of sp³-hybridized carbons (Fsp3) is 0.451. The second-order valence-electron chi connectivity index (χ2n) is 15.5. The zero-order valence-corrected chi connectivity index (χ0v) is 39.0. The molecule has 5 aromatic rings. The lowest BCUT2D eigenvalue weighted by atomic mass is 10.1. The van der Waals surface area contributed by atoms with Gasteiger partial charge in [0.1, 0.15) is 5.69 Å². The van der Waals surface area contributed by atoms with Crippen molar-refractivity contribution in [2.24, 2.45) is 14.1 Å². The summed E-state index contributed by atoms with van der Waals surface area (Å²) in [4.78, 5) is 40.1. The van der Waals surface area contributed by atoms with E-state index in [0.29, 0.717) is 29.2 Å². The first kappa shape index (κ1) is 51.7. The molecule has 0 spiro atoms. The van der Waals surface area contributed by atoms with E-state index in [0.717, 1.165) is 45.0 Å². The number of nitrogens with zero attached hydrogens (tertiary/aromatic N) is 4. The van der Waals surface area contributed by atoms with Crippen molar-refractivity contribution in [2.75, 3.05) is 51.4 Å². The number of unbranched alkanes of at least 4 members (excludes halogenated alkanes) is 9. The molecule has 2 aromatic carbocycles. The highest BCUT2D eigenvalue weighted by molar-refractivity contribution is 6.04. The number of amides is 2. The molecule has 0 bridgehead atoms. The minimum absolute atomic E-state index is 0.00272. The normalized spacial score (nSPS) is 10.8. The summed E-state index contributed by atoms with van der Waals surface area (Å²) in [6.45, 7) is 13.1. The summed E-state index contributed by atoms with van der Waals surface area (Å²) in [6, 6.07) is 20.9. The second kappa shape index (κ2) is 28.9. The van der Waals surface area contributed by atoms with Gasteiger partial charge in [-0.2, -0.15) is 0 Å². The van der Waals surface area contributed by atoms with Crippen molar-refractivity contribution in [3.8, 4) is 0 Å². The number of hydrogen-bond donors (Lipinski definition) is 3. The third kappa shape index (κ3) is 18.8. The van der Waals surface area contributed by atoms with Crippen LogP contribution in [0.3, 0.4) is 0 Å². The molecule has 2 amide bonds. The number of aromatic nitrogens is 3. The molecule has 3 heterocycles. The molecule has 10 heteroatoms. The number of aryl methyl sites for hydroxylation is 2. The zero-order valence-electron chi connectivity index (χ0n) is 39.0. The SMILES string of the molecule is CC.CC.CCCCCCCCCCCC[N+](C)(C)CCNC(=O)c1cc(NC)cn1C.Cn1cc(NC(=O)c2ccc(/C=C/c3cnc4ccccc4c3)cc2)cc1C=O. The molecule has 0 aliphatic heterocycles. The quantitative estimate of drug-likeness (QED) is 0.0387. The topological polar surface area (TPSA) is 110 Å². The number of rotatable bonds is 21. The van der Waals surface area contributed by atoms with E-state index >= 15 is 0 Å². The van der Waals surface area contributed by atoms with Gasteiger partial charge in [-0.05, 0) is 60.4 Å². The number of aldehydes is 1. The van der Waals surface area contributed by atoms with Crippen LogP contribution in [-0.2, 0) is 14.1 Å². The van der Waals surface area contributed by atoms with Crippen molar-refractivity contribution in [1.82, 2.24) is 19.4 Å². The van der Waals surface area contributed by atoms with Gasteiger partial charge in [-0.15, -0.1) is 0 Å². The van der Waals surface area contributed by atoms with Crippen molar-refractivity contribution >= 4 is 52.5 Å². The molecule has 5 rings (SSSR count). The summed E-state index contributed by atoms with van der Waals surface area (Å²) >= 11 is 0. The Bertz CT molecular complexity index is 2040. The first-order valence-corrected chi connectivity index (χ1v) is 22.5. The molecule has 0 saturated heterocycles. The first-order chi connectivity index (χ1) is 29.5. The van der Waals surface area contributed by atoms with E-state index in [2.05, 4.69) is 48.0 Å². The number of anilines is 2. The average molecular weight is 835 g/mol. The first-order valence-electron chi connectivity index (χ1n) is 22.5. The van der Waals surface area contributed by atoms with E-state index in [-0.39, 0.29) is 11.8 Å². The van der Waals surface area contributed by atoms with Crippen molar-refractivity contribution in [2.45, 2.75) is 98.8 Å². The number of benzene rings is 2. The Kier molecular flexibility index (Phi) is 24.5. The van der Waals surface area contributed by atoms with Gasteiger partial charge in [0.05, 0.1) is 56.3 Å². The monoisotopic (exact) mass is 835 g/mol. The third-order valence-corrected chi connectivity index (χ3v) is 10.3. The van der Waals surface area contributed by atoms with Crippen LogP contribution in [0.2, 0.25) is 0 Å². The number of hydrogen-bond acceptors (Lipinski definition) is 5. The lowest BCUT2D eigenvalue weighted by Crippen LogP contribution is -2.46. The fourth-order valence-electron chi connectivity index (χ4n) is 6.72. The Morgan fingerprint density at radius 3 is 1.92 bits per heavy atom. The van der Waals surface area contributed by atoms with Gasteiger partial charge >= 0.3 is 0 Å². The van der Waals surface area contributed by atoms with Crippen molar-refractivity contribution in [3.05, 3.63) is 113 Å². The van der Waals surface area contributed by atoms with E-state index in [4.69, 9.17) is 0 Å². The number of carbonyl (C=O) groups excluding carboxylic acids is 3. The summed E-state index contributed by atoms with van der Waals surface area (Å²) in [5.41, 5.74) is 6.27. The summed E-state index contributed by atoms with van der Waals surface area (Å²) in [7, 11) is 10.1. The van der Waals surface area contributed by atoms with Crippen molar-refractivity contribution in [1.29, 1.82) is 0 Å². The highest BCUT2D eigenvalue weighted by atomic mass is 16.2. The van der Waals surface area contributed by atoms with Crippen LogP contribution in [0, 0.1) is 0 Å². The van der Waals surface area contributed by atoms with E-state index in [9.17, 15) is 14.4 Å². The average Bonchev–Trinajstić information content (AvgIpc) is 3.85. The number of pyridine rings is 1. The molecule has 3 N–H and O–H groups in total. The molecule has 10 nitrogen and oxygen atoms in total. The summed E-state index contributed by atoms with van der Waals surface area (Å²) < 4.78 is 4.50. The van der Waals surface area contributed by atoms with E-state index in [1.807, 2.05) is 113 Å². The Balaban J connectivity index is 0.000000389. The maximum atomic E-state index is 12.4. The molecule has 0 saturated carbocycles. The van der Waals surface area contributed by atoms with E-state index in [1.54, 1.807) is 36.0 Å². The highest BCUT2D eigenvalue weighted by Crippen LogP contribution is 2.18. The van der Waals surface area contributed by atoms with Crippen LogP contribution in [0.4, 0.5) is 11.4 Å². The standard InChI is InChI=1S/C24H19N3O2.C23H44N4O.2C2H6/c1-27-15-21(13-22(27)16-28)26-24(29)19-10-8-17(9-11-19)6-7-18-12-20-4-2-3-5-23(20)25-14-18;1-6-7-8-9-10-11-12-13-14-15-17-27(4,5)18-16-25-23(28)22-19-21(24-2)20-26(22)3;2*1-2/h2-16H,1H3,(H,26,29);19-20,24H,6-18H2,1-5H3;2*1-2H3/p+1/b7-6+;;;. The van der Waals surface area contributed by atoms with E-state index < -0.39 is 0 Å². The molecule has 0 aliphatic carbocycles. The van der Waals surface area contributed by atoms with Crippen molar-refractivity contribution in [3.63, 3.8) is 0 Å². The van der Waals surface area contributed by atoms with Crippen molar-refractivity contribution < 1.29 is 18.9 Å². The van der Waals surface area contributed by atoms with Gasteiger partial charge in [0.25, 0.3) is 11.8 Å². The van der Waals surface area contributed by atoms with Crippen LogP contribution in [0.25, 0.3) is 23.1 Å². The number of para-hydroxylation sites is 1. The predicted octanol–water partition coefficient (Wildman–Crippen LogP) is 11.7. The molecule has 332 valence electrons. The number of carbonyl (C=O) groups is 3. The largest absolute Gasteiger partial charge is 0.387 e. The molecular weight excluding hydrogens is 759 g/mol. The highest BCUT2D eigenvalue weighted by Gasteiger charge is 2.17. The lowest BCUT2D eigenvalue weighted by Gasteiger charge is -2.30. The Morgan fingerprint density at radius 2 is 1.31 bits per heavy atom. The van der Waals surface area contributed by atoms with Gasteiger partial charge in [-0.1, -0.05) is 128 Å². The molecule has 0 atom stereocenters. The van der Waals surface area contributed by atoms with Gasteiger partial charge in [0, 0.05) is 50.7 Å². The minimum atomic E-state index is -0.220. The van der Waals surface area contributed by atoms with Crippen LogP contribution < -0.4 is 16.0 Å². The molecule has 61 heavy (non-hydrogen) atoms. The van der Waals surface area contributed by atoms with Crippen LogP contribution in [0.1, 0.15) is 141 Å². The van der Waals surface area contributed by atoms with Crippen LogP contribution in [0.15, 0.2) is 85.3 Å². The third-order valence-electron chi connectivity index (χ3n) is 10.3.